The van der Waals surface area contributed by atoms with Crippen molar-refractivity contribution in [2.75, 3.05) is 31.1 Å². The van der Waals surface area contributed by atoms with Crippen molar-refractivity contribution < 1.29 is 18.0 Å². The Labute approximate surface area is 199 Å². The fraction of sp³-hybridized carbons (Fsp3) is 0.500. The average Bonchev–Trinajstić information content (AvgIpc) is 3.10. The maximum atomic E-state index is 13.5. The first-order valence-electron chi connectivity index (χ1n) is 11.8. The number of fused-ring (bicyclic) bond motifs is 1. The molecule has 2 aliphatic heterocycles. The number of amides is 2. The second-order valence-electron chi connectivity index (χ2n) is 9.30. The fourth-order valence-corrected chi connectivity index (χ4v) is 7.01. The monoisotopic (exact) mass is 483 g/mol. The van der Waals surface area contributed by atoms with E-state index in [1.165, 1.54) is 9.21 Å². The third-order valence-electron chi connectivity index (χ3n) is 7.22. The molecule has 1 aliphatic carbocycles. The van der Waals surface area contributed by atoms with Crippen molar-refractivity contribution in [3.05, 3.63) is 47.8 Å². The zero-order valence-electron chi connectivity index (χ0n) is 19.3. The molecule has 1 aromatic heterocycles. The lowest BCUT2D eigenvalue weighted by molar-refractivity contribution is -0.140. The van der Waals surface area contributed by atoms with Crippen LogP contribution in [-0.2, 0) is 26.2 Å². The molecule has 1 aromatic carbocycles. The molecule has 0 radical (unpaired) electrons. The molecule has 0 N–H and O–H groups in total. The fourth-order valence-electron chi connectivity index (χ4n) is 5.31. The van der Waals surface area contributed by atoms with Gasteiger partial charge >= 0.3 is 0 Å². The van der Waals surface area contributed by atoms with Gasteiger partial charge in [-0.1, -0.05) is 25.0 Å². The predicted octanol–water partition coefficient (Wildman–Crippen LogP) is 1.97. The van der Waals surface area contributed by atoms with Crippen LogP contribution < -0.4 is 4.90 Å². The molecule has 3 aliphatic rings. The van der Waals surface area contributed by atoms with Crippen molar-refractivity contribution in [3.63, 3.8) is 0 Å². The van der Waals surface area contributed by atoms with Crippen LogP contribution in [0.15, 0.2) is 41.6 Å². The summed E-state index contributed by atoms with van der Waals surface area (Å²) in [5, 5.41) is 0. The molecule has 0 bridgehead atoms. The Kier molecular flexibility index (Phi) is 6.11. The minimum absolute atomic E-state index is 0.112. The molecule has 34 heavy (non-hydrogen) atoms. The van der Waals surface area contributed by atoms with Crippen LogP contribution in [0.1, 0.15) is 36.8 Å². The molecule has 3 fully saturated rings. The van der Waals surface area contributed by atoms with Gasteiger partial charge in [-0.3, -0.25) is 14.5 Å². The largest absolute Gasteiger partial charge is 0.338 e. The van der Waals surface area contributed by atoms with Crippen molar-refractivity contribution >= 4 is 27.8 Å². The Morgan fingerprint density at radius 2 is 1.56 bits per heavy atom. The SMILES string of the molecule is Cc1ccc(CN2C(=O)C3CCCCC3C2=O)cc1S(=O)(=O)N1CCN(c2ncccn2)CC1. The van der Waals surface area contributed by atoms with E-state index in [1.807, 2.05) is 11.0 Å². The van der Waals surface area contributed by atoms with Gasteiger partial charge in [-0.15, -0.1) is 0 Å². The normalized spacial score (nSPS) is 23.9. The van der Waals surface area contributed by atoms with Gasteiger partial charge in [0.1, 0.15) is 0 Å². The smallest absolute Gasteiger partial charge is 0.243 e. The zero-order valence-corrected chi connectivity index (χ0v) is 20.1. The number of aromatic nitrogens is 2. The van der Waals surface area contributed by atoms with Gasteiger partial charge in [0, 0.05) is 38.6 Å². The van der Waals surface area contributed by atoms with E-state index in [-0.39, 0.29) is 35.1 Å². The molecule has 0 spiro atoms. The molecule has 3 heterocycles. The van der Waals surface area contributed by atoms with Crippen LogP contribution in [0, 0.1) is 18.8 Å². The number of rotatable bonds is 5. The van der Waals surface area contributed by atoms with Crippen molar-refractivity contribution in [1.29, 1.82) is 0 Å². The van der Waals surface area contributed by atoms with E-state index in [1.54, 1.807) is 37.5 Å². The second-order valence-corrected chi connectivity index (χ2v) is 11.2. The zero-order chi connectivity index (χ0) is 23.9. The first-order valence-corrected chi connectivity index (χ1v) is 13.3. The Balaban J connectivity index is 1.32. The molecule has 2 atom stereocenters. The minimum Gasteiger partial charge on any atom is -0.338 e. The highest BCUT2D eigenvalue weighted by Crippen LogP contribution is 2.38. The van der Waals surface area contributed by atoms with Crippen LogP contribution in [0.2, 0.25) is 0 Å². The molecule has 9 nitrogen and oxygen atoms in total. The van der Waals surface area contributed by atoms with E-state index in [9.17, 15) is 18.0 Å². The van der Waals surface area contributed by atoms with Crippen molar-refractivity contribution in [2.24, 2.45) is 11.8 Å². The van der Waals surface area contributed by atoms with Gasteiger partial charge in [-0.25, -0.2) is 18.4 Å². The lowest BCUT2D eigenvalue weighted by atomic mass is 9.81. The summed E-state index contributed by atoms with van der Waals surface area (Å²) in [6, 6.07) is 6.94. The van der Waals surface area contributed by atoms with E-state index in [0.717, 1.165) is 25.7 Å². The topological polar surface area (TPSA) is 104 Å². The molecule has 2 unspecified atom stereocenters. The van der Waals surface area contributed by atoms with Gasteiger partial charge in [0.25, 0.3) is 0 Å². The lowest BCUT2D eigenvalue weighted by Crippen LogP contribution is -2.49. The highest BCUT2D eigenvalue weighted by molar-refractivity contribution is 7.89. The summed E-state index contributed by atoms with van der Waals surface area (Å²) < 4.78 is 28.5. The van der Waals surface area contributed by atoms with Crippen LogP contribution in [0.25, 0.3) is 0 Å². The maximum absolute atomic E-state index is 13.5. The molecule has 2 saturated heterocycles. The van der Waals surface area contributed by atoms with Crippen LogP contribution in [0.5, 0.6) is 0 Å². The Hall–Kier alpha value is -2.85. The van der Waals surface area contributed by atoms with Gasteiger partial charge in [0.2, 0.25) is 27.8 Å². The number of carbonyl (C=O) groups excluding carboxylic acids is 2. The summed E-state index contributed by atoms with van der Waals surface area (Å²) in [6.45, 7) is 3.55. The predicted molar refractivity (Wildman–Crippen MR) is 125 cm³/mol. The van der Waals surface area contributed by atoms with E-state index < -0.39 is 10.0 Å². The number of aryl methyl sites for hydroxylation is 1. The highest BCUT2D eigenvalue weighted by atomic mass is 32.2. The maximum Gasteiger partial charge on any atom is 0.243 e. The third kappa shape index (κ3) is 4.09. The molecule has 10 heteroatoms. The van der Waals surface area contributed by atoms with Gasteiger partial charge in [0.05, 0.1) is 23.3 Å². The standard InChI is InChI=1S/C24H29N5O4S/c1-17-7-8-18(16-29-22(30)19-5-2-3-6-20(19)23(29)31)15-21(17)34(32,33)28-13-11-27(12-14-28)24-25-9-4-10-26-24/h4,7-10,15,19-20H,2-3,5-6,11-14,16H2,1H3. The van der Waals surface area contributed by atoms with Crippen LogP contribution in [0.3, 0.4) is 0 Å². The quantitative estimate of drug-likeness (QED) is 0.599. The van der Waals surface area contributed by atoms with Gasteiger partial charge in [-0.2, -0.15) is 4.31 Å². The number of anilines is 1. The van der Waals surface area contributed by atoms with E-state index >= 15 is 0 Å². The molecular formula is C24H29N5O4S. The number of carbonyl (C=O) groups is 2. The number of imide groups is 1. The highest BCUT2D eigenvalue weighted by Gasteiger charge is 2.48. The molecule has 2 aromatic rings. The summed E-state index contributed by atoms with van der Waals surface area (Å²) in [4.78, 5) is 37.8. The Morgan fingerprint density at radius 1 is 0.941 bits per heavy atom. The first-order chi connectivity index (χ1) is 16.4. The summed E-state index contributed by atoms with van der Waals surface area (Å²) in [5.41, 5.74) is 1.30. The molecule has 2 amide bonds. The van der Waals surface area contributed by atoms with Gasteiger partial charge < -0.3 is 4.90 Å². The summed E-state index contributed by atoms with van der Waals surface area (Å²) in [7, 11) is -3.72. The number of nitrogens with zero attached hydrogens (tertiary/aromatic N) is 5. The Morgan fingerprint density at radius 3 is 2.18 bits per heavy atom. The van der Waals surface area contributed by atoms with Crippen LogP contribution in [-0.4, -0.2) is 65.6 Å². The number of hydrogen-bond acceptors (Lipinski definition) is 7. The molecule has 180 valence electrons. The van der Waals surface area contributed by atoms with E-state index in [0.29, 0.717) is 43.3 Å². The van der Waals surface area contributed by atoms with Crippen LogP contribution >= 0.6 is 0 Å². The minimum atomic E-state index is -3.72. The average molecular weight is 484 g/mol. The third-order valence-corrected chi connectivity index (χ3v) is 9.26. The van der Waals surface area contributed by atoms with E-state index in [4.69, 9.17) is 0 Å². The number of piperazine rings is 1. The molecular weight excluding hydrogens is 454 g/mol. The number of sulfonamides is 1. The van der Waals surface area contributed by atoms with E-state index in [2.05, 4.69) is 9.97 Å². The number of hydrogen-bond donors (Lipinski definition) is 0. The second kappa shape index (κ2) is 9.07. The summed E-state index contributed by atoms with van der Waals surface area (Å²) in [5.74, 6) is -0.0457. The summed E-state index contributed by atoms with van der Waals surface area (Å²) >= 11 is 0. The summed E-state index contributed by atoms with van der Waals surface area (Å²) in [6.07, 6.45) is 6.82. The number of benzene rings is 1. The van der Waals surface area contributed by atoms with Gasteiger partial charge in [-0.05, 0) is 43.0 Å². The molecule has 5 rings (SSSR count). The van der Waals surface area contributed by atoms with Gasteiger partial charge in [0.15, 0.2) is 0 Å². The molecule has 1 saturated carbocycles. The lowest BCUT2D eigenvalue weighted by Gasteiger charge is -2.34. The van der Waals surface area contributed by atoms with Crippen molar-refractivity contribution in [2.45, 2.75) is 44.0 Å². The van der Waals surface area contributed by atoms with Crippen molar-refractivity contribution in [3.8, 4) is 0 Å². The number of likely N-dealkylation sites (tertiary alicyclic amines) is 1. The van der Waals surface area contributed by atoms with Crippen molar-refractivity contribution in [1.82, 2.24) is 19.2 Å². The Bertz CT molecular complexity index is 1170. The van der Waals surface area contributed by atoms with Crippen LogP contribution in [0.4, 0.5) is 5.95 Å². The first kappa shape index (κ1) is 22.9.